The Morgan fingerprint density at radius 1 is 1.50 bits per heavy atom. The number of amides is 1. The molecule has 1 unspecified atom stereocenters. The van der Waals surface area contributed by atoms with Crippen molar-refractivity contribution >= 4 is 21.8 Å². The van der Waals surface area contributed by atoms with E-state index in [9.17, 15) is 4.79 Å². The fourth-order valence-corrected chi connectivity index (χ4v) is 2.00. The maximum atomic E-state index is 11.1. The van der Waals surface area contributed by atoms with Gasteiger partial charge in [0, 0.05) is 10.9 Å². The van der Waals surface area contributed by atoms with E-state index in [4.69, 9.17) is 0 Å². The minimum atomic E-state index is 0.163. The molecule has 1 N–H and O–H groups in total. The van der Waals surface area contributed by atoms with E-state index in [0.29, 0.717) is 6.42 Å². The second-order valence-electron chi connectivity index (χ2n) is 3.67. The van der Waals surface area contributed by atoms with Crippen molar-refractivity contribution in [1.82, 2.24) is 5.32 Å². The Balaban J connectivity index is 2.24. The van der Waals surface area contributed by atoms with Crippen LogP contribution in [0.4, 0.5) is 0 Å². The summed E-state index contributed by atoms with van der Waals surface area (Å²) < 4.78 is 1.12. The van der Waals surface area contributed by atoms with Gasteiger partial charge in [-0.25, -0.2) is 0 Å². The lowest BCUT2D eigenvalue weighted by Gasteiger charge is -2.11. The van der Waals surface area contributed by atoms with E-state index >= 15 is 0 Å². The van der Waals surface area contributed by atoms with E-state index < -0.39 is 0 Å². The number of hydrogen-bond donors (Lipinski definition) is 1. The standard InChI is InChI=1S/C11H12BrNO/c1-7-6-8(2-3-9(7)12)10-4-5-11(14)13-10/h2-3,6,10H,4-5H2,1H3,(H,13,14). The molecular weight excluding hydrogens is 242 g/mol. The van der Waals surface area contributed by atoms with E-state index in [1.165, 1.54) is 11.1 Å². The van der Waals surface area contributed by atoms with Crippen LogP contribution in [0.15, 0.2) is 22.7 Å². The zero-order valence-electron chi connectivity index (χ0n) is 8.01. The number of benzene rings is 1. The van der Waals surface area contributed by atoms with Crippen LogP contribution in [0.2, 0.25) is 0 Å². The van der Waals surface area contributed by atoms with Crippen LogP contribution in [0.25, 0.3) is 0 Å². The molecule has 2 nitrogen and oxygen atoms in total. The Labute approximate surface area is 91.8 Å². The number of carbonyl (C=O) groups is 1. The first kappa shape index (κ1) is 9.71. The molecule has 0 saturated carbocycles. The molecule has 3 heteroatoms. The zero-order chi connectivity index (χ0) is 10.1. The second-order valence-corrected chi connectivity index (χ2v) is 4.52. The summed E-state index contributed by atoms with van der Waals surface area (Å²) in [7, 11) is 0. The normalized spacial score (nSPS) is 21.0. The smallest absolute Gasteiger partial charge is 0.220 e. The number of hydrogen-bond acceptors (Lipinski definition) is 1. The molecule has 1 aromatic carbocycles. The van der Waals surface area contributed by atoms with Crippen molar-refractivity contribution in [1.29, 1.82) is 0 Å². The first-order valence-corrected chi connectivity index (χ1v) is 5.51. The quantitative estimate of drug-likeness (QED) is 0.820. The maximum Gasteiger partial charge on any atom is 0.220 e. The highest BCUT2D eigenvalue weighted by Gasteiger charge is 2.22. The lowest BCUT2D eigenvalue weighted by Crippen LogP contribution is -2.18. The van der Waals surface area contributed by atoms with Gasteiger partial charge in [0.05, 0.1) is 6.04 Å². The van der Waals surface area contributed by atoms with E-state index in [2.05, 4.69) is 40.3 Å². The average Bonchev–Trinajstić information content (AvgIpc) is 2.57. The van der Waals surface area contributed by atoms with Gasteiger partial charge in [0.25, 0.3) is 0 Å². The number of rotatable bonds is 1. The summed E-state index contributed by atoms with van der Waals surface area (Å²) >= 11 is 3.46. The van der Waals surface area contributed by atoms with Gasteiger partial charge in [-0.05, 0) is 30.5 Å². The third kappa shape index (κ3) is 1.82. The maximum absolute atomic E-state index is 11.1. The van der Waals surface area contributed by atoms with Crippen molar-refractivity contribution in [2.45, 2.75) is 25.8 Å². The van der Waals surface area contributed by atoms with Crippen LogP contribution in [0, 0.1) is 6.92 Å². The molecular formula is C11H12BrNO. The van der Waals surface area contributed by atoms with E-state index in [1.54, 1.807) is 0 Å². The summed E-state index contributed by atoms with van der Waals surface area (Å²) in [4.78, 5) is 11.1. The van der Waals surface area contributed by atoms with Gasteiger partial charge in [0.2, 0.25) is 5.91 Å². The Kier molecular flexibility index (Phi) is 2.59. The summed E-state index contributed by atoms with van der Waals surface area (Å²) in [5, 5.41) is 2.96. The van der Waals surface area contributed by atoms with Crippen LogP contribution < -0.4 is 5.32 Å². The lowest BCUT2D eigenvalue weighted by molar-refractivity contribution is -0.119. The molecule has 1 atom stereocenters. The predicted octanol–water partition coefficient (Wildman–Crippen LogP) is 2.71. The van der Waals surface area contributed by atoms with E-state index in [0.717, 1.165) is 10.9 Å². The summed E-state index contributed by atoms with van der Waals surface area (Å²) in [5.41, 5.74) is 2.42. The molecule has 1 aliphatic rings. The third-order valence-corrected chi connectivity index (χ3v) is 3.47. The molecule has 0 aromatic heterocycles. The Bertz CT molecular complexity index is 376. The van der Waals surface area contributed by atoms with Crippen LogP contribution >= 0.6 is 15.9 Å². The topological polar surface area (TPSA) is 29.1 Å². The van der Waals surface area contributed by atoms with Crippen LogP contribution in [-0.4, -0.2) is 5.91 Å². The van der Waals surface area contributed by atoms with Crippen molar-refractivity contribution in [3.05, 3.63) is 33.8 Å². The Hall–Kier alpha value is -0.830. The van der Waals surface area contributed by atoms with E-state index in [-0.39, 0.29) is 11.9 Å². The molecule has 1 aliphatic heterocycles. The Morgan fingerprint density at radius 2 is 2.29 bits per heavy atom. The Morgan fingerprint density at radius 3 is 2.86 bits per heavy atom. The molecule has 1 heterocycles. The fourth-order valence-electron chi connectivity index (χ4n) is 1.75. The first-order chi connectivity index (χ1) is 6.66. The monoisotopic (exact) mass is 253 g/mol. The van der Waals surface area contributed by atoms with Gasteiger partial charge < -0.3 is 5.32 Å². The molecule has 0 bridgehead atoms. The molecule has 1 saturated heterocycles. The highest BCUT2D eigenvalue weighted by Crippen LogP contribution is 2.26. The SMILES string of the molecule is Cc1cc(C2CCC(=O)N2)ccc1Br. The van der Waals surface area contributed by atoms with Gasteiger partial charge in [0.1, 0.15) is 0 Å². The summed E-state index contributed by atoms with van der Waals surface area (Å²) in [6, 6.07) is 6.44. The van der Waals surface area contributed by atoms with Crippen LogP contribution in [0.5, 0.6) is 0 Å². The summed E-state index contributed by atoms with van der Waals surface area (Å²) in [6.07, 6.45) is 1.57. The predicted molar refractivity (Wildman–Crippen MR) is 59.0 cm³/mol. The highest BCUT2D eigenvalue weighted by atomic mass is 79.9. The van der Waals surface area contributed by atoms with Gasteiger partial charge in [-0.1, -0.05) is 28.1 Å². The number of aryl methyl sites for hydroxylation is 1. The first-order valence-electron chi connectivity index (χ1n) is 4.72. The lowest BCUT2D eigenvalue weighted by atomic mass is 10.0. The van der Waals surface area contributed by atoms with Crippen LogP contribution in [0.1, 0.15) is 30.0 Å². The number of halogens is 1. The molecule has 0 spiro atoms. The zero-order valence-corrected chi connectivity index (χ0v) is 9.60. The average molecular weight is 254 g/mol. The van der Waals surface area contributed by atoms with Crippen molar-refractivity contribution < 1.29 is 4.79 Å². The number of carbonyl (C=O) groups excluding carboxylic acids is 1. The van der Waals surface area contributed by atoms with Crippen molar-refractivity contribution in [2.24, 2.45) is 0 Å². The molecule has 14 heavy (non-hydrogen) atoms. The van der Waals surface area contributed by atoms with Gasteiger partial charge in [-0.2, -0.15) is 0 Å². The van der Waals surface area contributed by atoms with Crippen molar-refractivity contribution in [2.75, 3.05) is 0 Å². The summed E-state index contributed by atoms with van der Waals surface area (Å²) in [6.45, 7) is 2.06. The molecule has 0 aliphatic carbocycles. The van der Waals surface area contributed by atoms with Gasteiger partial charge in [0.15, 0.2) is 0 Å². The van der Waals surface area contributed by atoms with Crippen molar-refractivity contribution in [3.8, 4) is 0 Å². The van der Waals surface area contributed by atoms with Gasteiger partial charge in [-0.3, -0.25) is 4.79 Å². The minimum absolute atomic E-state index is 0.163. The largest absolute Gasteiger partial charge is 0.349 e. The van der Waals surface area contributed by atoms with Crippen LogP contribution in [-0.2, 0) is 4.79 Å². The molecule has 1 aromatic rings. The second kappa shape index (κ2) is 3.73. The van der Waals surface area contributed by atoms with Crippen LogP contribution in [0.3, 0.4) is 0 Å². The third-order valence-electron chi connectivity index (χ3n) is 2.58. The highest BCUT2D eigenvalue weighted by molar-refractivity contribution is 9.10. The van der Waals surface area contributed by atoms with Gasteiger partial charge >= 0.3 is 0 Å². The van der Waals surface area contributed by atoms with E-state index in [1.807, 2.05) is 6.07 Å². The van der Waals surface area contributed by atoms with Gasteiger partial charge in [-0.15, -0.1) is 0 Å². The minimum Gasteiger partial charge on any atom is -0.349 e. The fraction of sp³-hybridized carbons (Fsp3) is 0.364. The number of nitrogens with one attached hydrogen (secondary N) is 1. The molecule has 0 radical (unpaired) electrons. The molecule has 1 amide bonds. The summed E-state index contributed by atoms with van der Waals surface area (Å²) in [5.74, 6) is 0.163. The van der Waals surface area contributed by atoms with Crippen molar-refractivity contribution in [3.63, 3.8) is 0 Å². The molecule has 1 fully saturated rings. The molecule has 74 valence electrons. The molecule has 2 rings (SSSR count).